The van der Waals surface area contributed by atoms with Crippen LogP contribution in [0.1, 0.15) is 38.1 Å². The van der Waals surface area contributed by atoms with Gasteiger partial charge < -0.3 is 20.2 Å². The predicted octanol–water partition coefficient (Wildman–Crippen LogP) is 3.96. The molecule has 5 nitrogen and oxygen atoms in total. The smallest absolute Gasteiger partial charge is 0.191 e. The molecule has 0 saturated heterocycles. The van der Waals surface area contributed by atoms with Crippen LogP contribution in [0.3, 0.4) is 0 Å². The zero-order valence-corrected chi connectivity index (χ0v) is 16.1. The van der Waals surface area contributed by atoms with Crippen molar-refractivity contribution in [2.24, 2.45) is 4.99 Å². The van der Waals surface area contributed by atoms with E-state index in [-0.39, 0.29) is 12.6 Å². The summed E-state index contributed by atoms with van der Waals surface area (Å²) in [6.45, 7) is 6.76. The molecule has 0 bridgehead atoms. The van der Waals surface area contributed by atoms with Crippen LogP contribution in [-0.2, 0) is 5.60 Å². The molecule has 0 aliphatic carbocycles. The number of nitrogens with one attached hydrogen (secondary N) is 2. The Labute approximate surface area is 160 Å². The molecule has 3 N–H and O–H groups in total. The quantitative estimate of drug-likeness (QED) is 0.457. The normalized spacial score (nSPS) is 15.3. The van der Waals surface area contributed by atoms with E-state index in [1.54, 1.807) is 25.3 Å². The Bertz CT molecular complexity index is 896. The van der Waals surface area contributed by atoms with E-state index < -0.39 is 5.60 Å². The number of nitrogens with zero attached hydrogens (tertiary/aromatic N) is 1. The van der Waals surface area contributed by atoms with Gasteiger partial charge in [0.15, 0.2) is 5.96 Å². The Balaban J connectivity index is 1.79. The topological polar surface area (TPSA) is 69.8 Å². The second-order valence-electron chi connectivity index (χ2n) is 6.88. The second-order valence-corrected chi connectivity index (χ2v) is 6.88. The highest BCUT2D eigenvalue weighted by Gasteiger charge is 2.26. The summed E-state index contributed by atoms with van der Waals surface area (Å²) in [7, 11) is 0. The minimum atomic E-state index is -1.16. The van der Waals surface area contributed by atoms with Gasteiger partial charge in [-0.05, 0) is 49.2 Å². The third-order valence-corrected chi connectivity index (χ3v) is 4.58. The highest BCUT2D eigenvalue weighted by molar-refractivity contribution is 5.87. The van der Waals surface area contributed by atoms with Gasteiger partial charge in [0, 0.05) is 6.54 Å². The van der Waals surface area contributed by atoms with E-state index in [9.17, 15) is 5.11 Å². The fraction of sp³-hybridized carbons (Fsp3) is 0.318. The zero-order chi connectivity index (χ0) is 19.3. The van der Waals surface area contributed by atoms with E-state index in [0.717, 1.165) is 6.54 Å². The first kappa shape index (κ1) is 19.0. The summed E-state index contributed by atoms with van der Waals surface area (Å²) < 4.78 is 5.33. The van der Waals surface area contributed by atoms with Gasteiger partial charge in [-0.2, -0.15) is 0 Å². The van der Waals surface area contributed by atoms with Gasteiger partial charge >= 0.3 is 0 Å². The summed E-state index contributed by atoms with van der Waals surface area (Å²) >= 11 is 0. The summed E-state index contributed by atoms with van der Waals surface area (Å²) in [6, 6.07) is 18.2. The zero-order valence-electron chi connectivity index (χ0n) is 16.1. The molecule has 27 heavy (non-hydrogen) atoms. The average Bonchev–Trinajstić information content (AvgIpc) is 3.21. The number of hydrogen-bond donors (Lipinski definition) is 3. The maximum atomic E-state index is 10.6. The monoisotopic (exact) mass is 365 g/mol. The van der Waals surface area contributed by atoms with Crippen molar-refractivity contribution >= 4 is 16.7 Å². The van der Waals surface area contributed by atoms with E-state index in [4.69, 9.17) is 4.42 Å². The lowest BCUT2D eigenvalue weighted by Crippen LogP contribution is -2.40. The number of benzene rings is 2. The third-order valence-electron chi connectivity index (χ3n) is 4.58. The van der Waals surface area contributed by atoms with Crippen LogP contribution in [0, 0.1) is 0 Å². The number of fused-ring (bicyclic) bond motifs is 1. The van der Waals surface area contributed by atoms with Gasteiger partial charge in [-0.15, -0.1) is 0 Å². The largest absolute Gasteiger partial charge is 0.466 e. The lowest BCUT2D eigenvalue weighted by atomic mass is 10.00. The van der Waals surface area contributed by atoms with Gasteiger partial charge in [0.25, 0.3) is 0 Å². The predicted molar refractivity (Wildman–Crippen MR) is 110 cm³/mol. The van der Waals surface area contributed by atoms with Gasteiger partial charge in [-0.25, -0.2) is 4.99 Å². The Kier molecular flexibility index (Phi) is 5.81. The van der Waals surface area contributed by atoms with Gasteiger partial charge in [-0.1, -0.05) is 42.5 Å². The minimum Gasteiger partial charge on any atom is -0.466 e. The van der Waals surface area contributed by atoms with Gasteiger partial charge in [0.1, 0.15) is 11.4 Å². The molecule has 2 aromatic carbocycles. The van der Waals surface area contributed by atoms with Crippen LogP contribution in [0.5, 0.6) is 0 Å². The number of hydrogen-bond acceptors (Lipinski definition) is 3. The maximum absolute atomic E-state index is 10.6. The van der Waals surface area contributed by atoms with Crippen LogP contribution in [0.4, 0.5) is 0 Å². The van der Waals surface area contributed by atoms with E-state index in [0.29, 0.717) is 11.7 Å². The molecule has 0 saturated carbocycles. The van der Waals surface area contributed by atoms with Crippen molar-refractivity contribution in [2.45, 2.75) is 32.4 Å². The van der Waals surface area contributed by atoms with Crippen molar-refractivity contribution in [2.75, 3.05) is 13.1 Å². The Hall–Kier alpha value is -2.79. The molecule has 0 spiro atoms. The van der Waals surface area contributed by atoms with Crippen LogP contribution < -0.4 is 10.6 Å². The molecular weight excluding hydrogens is 338 g/mol. The first-order valence-corrected chi connectivity index (χ1v) is 9.30. The second kappa shape index (κ2) is 8.27. The van der Waals surface area contributed by atoms with Crippen molar-refractivity contribution in [1.29, 1.82) is 0 Å². The molecule has 0 fully saturated rings. The van der Waals surface area contributed by atoms with Crippen molar-refractivity contribution in [3.05, 3.63) is 72.2 Å². The molecule has 2 unspecified atom stereocenters. The Morgan fingerprint density at radius 3 is 2.67 bits per heavy atom. The van der Waals surface area contributed by atoms with Gasteiger partial charge in [0.2, 0.25) is 0 Å². The SMILES string of the molecule is CCNC(=NCC(C)(O)c1ccco1)NC(C)c1cccc2ccccc12. The third kappa shape index (κ3) is 4.49. The molecule has 0 amide bonds. The molecule has 3 rings (SSSR count). The molecule has 0 aliphatic heterocycles. The summed E-state index contributed by atoms with van der Waals surface area (Å²) in [6.07, 6.45) is 1.56. The lowest BCUT2D eigenvalue weighted by molar-refractivity contribution is 0.0437. The fourth-order valence-corrected chi connectivity index (χ4v) is 3.13. The highest BCUT2D eigenvalue weighted by Crippen LogP contribution is 2.24. The van der Waals surface area contributed by atoms with E-state index in [1.807, 2.05) is 13.0 Å². The maximum Gasteiger partial charge on any atom is 0.191 e. The van der Waals surface area contributed by atoms with Crippen molar-refractivity contribution < 1.29 is 9.52 Å². The fourth-order valence-electron chi connectivity index (χ4n) is 3.13. The number of aliphatic hydroxyl groups is 1. The number of furan rings is 1. The van der Waals surface area contributed by atoms with E-state index in [2.05, 4.69) is 58.9 Å². The minimum absolute atomic E-state index is 0.0578. The molecule has 1 heterocycles. The molecule has 3 aromatic rings. The standard InChI is InChI=1S/C22H27N3O2/c1-4-23-21(24-15-22(3,26)20-13-8-14-27-20)25-16(2)18-12-7-10-17-9-5-6-11-19(17)18/h5-14,16,26H,4,15H2,1-3H3,(H2,23,24,25). The Morgan fingerprint density at radius 1 is 1.15 bits per heavy atom. The summed E-state index contributed by atoms with van der Waals surface area (Å²) in [5.41, 5.74) is 0.0469. The van der Waals surface area contributed by atoms with Crippen molar-refractivity contribution in [3.8, 4) is 0 Å². The summed E-state index contributed by atoms with van der Waals surface area (Å²) in [4.78, 5) is 4.57. The number of guanidine groups is 1. The van der Waals surface area contributed by atoms with Crippen LogP contribution in [0.25, 0.3) is 10.8 Å². The van der Waals surface area contributed by atoms with E-state index >= 15 is 0 Å². The van der Waals surface area contributed by atoms with Gasteiger partial charge in [0.05, 0.1) is 18.8 Å². The average molecular weight is 365 g/mol. The first-order chi connectivity index (χ1) is 13.0. The highest BCUT2D eigenvalue weighted by atomic mass is 16.4. The molecule has 0 aliphatic rings. The molecule has 0 radical (unpaired) electrons. The first-order valence-electron chi connectivity index (χ1n) is 9.30. The molecule has 142 valence electrons. The van der Waals surface area contributed by atoms with Crippen LogP contribution in [0.2, 0.25) is 0 Å². The van der Waals surface area contributed by atoms with Gasteiger partial charge in [-0.3, -0.25) is 0 Å². The van der Waals surface area contributed by atoms with Crippen LogP contribution in [0.15, 0.2) is 70.3 Å². The van der Waals surface area contributed by atoms with Crippen molar-refractivity contribution in [1.82, 2.24) is 10.6 Å². The summed E-state index contributed by atoms with van der Waals surface area (Å²) in [5, 5.41) is 19.8. The lowest BCUT2D eigenvalue weighted by Gasteiger charge is -2.22. The molecule has 1 aromatic heterocycles. The summed E-state index contributed by atoms with van der Waals surface area (Å²) in [5.74, 6) is 1.16. The van der Waals surface area contributed by atoms with Crippen LogP contribution in [-0.4, -0.2) is 24.2 Å². The van der Waals surface area contributed by atoms with Crippen molar-refractivity contribution in [3.63, 3.8) is 0 Å². The van der Waals surface area contributed by atoms with E-state index in [1.165, 1.54) is 16.3 Å². The van der Waals surface area contributed by atoms with Crippen LogP contribution >= 0.6 is 0 Å². The Morgan fingerprint density at radius 2 is 1.93 bits per heavy atom. The molecule has 2 atom stereocenters. The molecule has 5 heteroatoms. The molecular formula is C22H27N3O2. The number of aliphatic imine (C=N–C) groups is 1. The number of rotatable bonds is 6.